The number of halogens is 1. The maximum Gasteiger partial charge on any atom is 0.0603 e. The molecule has 0 amide bonds. The molecule has 0 spiro atoms. The molecule has 0 aliphatic rings. The maximum absolute atomic E-state index is 6.17. The Labute approximate surface area is 136 Å². The van der Waals surface area contributed by atoms with E-state index in [2.05, 4.69) is 67.7 Å². The molecule has 1 heterocycles. The van der Waals surface area contributed by atoms with Crippen LogP contribution in [0.25, 0.3) is 0 Å². The lowest BCUT2D eigenvalue weighted by molar-refractivity contribution is 0.587. The van der Waals surface area contributed by atoms with E-state index in [0.717, 1.165) is 11.6 Å². The molecule has 1 atom stereocenters. The zero-order valence-corrected chi connectivity index (χ0v) is 14.6. The largest absolute Gasteiger partial charge is 0.367 e. The first-order chi connectivity index (χ1) is 9.99. The zero-order valence-electron chi connectivity index (χ0n) is 13.1. The van der Waals surface area contributed by atoms with Crippen molar-refractivity contribution in [2.24, 2.45) is 0 Å². The third-order valence-corrected chi connectivity index (χ3v) is 4.94. The minimum absolute atomic E-state index is 0.351. The first-order valence-electron chi connectivity index (χ1n) is 7.27. The van der Waals surface area contributed by atoms with Crippen LogP contribution in [0.5, 0.6) is 0 Å². The quantitative estimate of drug-likeness (QED) is 0.796. The highest BCUT2D eigenvalue weighted by atomic mass is 35.5. The number of hydrogen-bond donors (Lipinski definition) is 1. The van der Waals surface area contributed by atoms with Crippen molar-refractivity contribution in [3.63, 3.8) is 0 Å². The zero-order chi connectivity index (χ0) is 15.4. The average molecular weight is 323 g/mol. The van der Waals surface area contributed by atoms with Gasteiger partial charge in [-0.15, -0.1) is 11.3 Å². The summed E-state index contributed by atoms with van der Waals surface area (Å²) in [4.78, 5) is 3.69. The molecule has 2 nitrogen and oxygen atoms in total. The van der Waals surface area contributed by atoms with Crippen LogP contribution in [0.1, 0.15) is 37.3 Å². The lowest BCUT2D eigenvalue weighted by Gasteiger charge is -2.29. The summed E-state index contributed by atoms with van der Waals surface area (Å²) in [6.07, 6.45) is 0. The van der Waals surface area contributed by atoms with Crippen molar-refractivity contribution in [3.05, 3.63) is 51.2 Å². The lowest BCUT2D eigenvalue weighted by Crippen LogP contribution is -2.26. The van der Waals surface area contributed by atoms with Crippen LogP contribution in [0.15, 0.2) is 35.7 Å². The Morgan fingerprint density at radius 3 is 2.62 bits per heavy atom. The van der Waals surface area contributed by atoms with E-state index in [9.17, 15) is 0 Å². The van der Waals surface area contributed by atoms with Crippen LogP contribution < -0.4 is 10.2 Å². The predicted octanol–water partition coefficient (Wildman–Crippen LogP) is 5.10. The minimum atomic E-state index is 0.351. The summed E-state index contributed by atoms with van der Waals surface area (Å²) in [6.45, 7) is 7.37. The second-order valence-electron chi connectivity index (χ2n) is 5.61. The van der Waals surface area contributed by atoms with E-state index < -0.39 is 0 Å². The summed E-state index contributed by atoms with van der Waals surface area (Å²) in [5.74, 6) is 0. The van der Waals surface area contributed by atoms with Crippen molar-refractivity contribution < 1.29 is 0 Å². The highest BCUT2D eigenvalue weighted by Gasteiger charge is 2.16. The Bertz CT molecular complexity index is 566. The second kappa shape index (κ2) is 7.30. The Morgan fingerprint density at radius 1 is 1.24 bits per heavy atom. The molecule has 1 N–H and O–H groups in total. The monoisotopic (exact) mass is 322 g/mol. The van der Waals surface area contributed by atoms with Crippen LogP contribution >= 0.6 is 22.9 Å². The van der Waals surface area contributed by atoms with Crippen molar-refractivity contribution in [1.29, 1.82) is 0 Å². The normalized spacial score (nSPS) is 12.7. The van der Waals surface area contributed by atoms with Crippen LogP contribution in [0.2, 0.25) is 5.02 Å². The number of thiophene rings is 1. The summed E-state index contributed by atoms with van der Waals surface area (Å²) < 4.78 is 0. The fraction of sp³-hybridized carbons (Fsp3) is 0.412. The van der Waals surface area contributed by atoms with Gasteiger partial charge in [0.15, 0.2) is 0 Å². The molecule has 0 saturated carbocycles. The number of hydrogen-bond acceptors (Lipinski definition) is 3. The molecule has 1 aromatic carbocycles. The van der Waals surface area contributed by atoms with Gasteiger partial charge in [-0.1, -0.05) is 31.5 Å². The van der Waals surface area contributed by atoms with E-state index >= 15 is 0 Å². The maximum atomic E-state index is 6.17. The number of rotatable bonds is 6. The van der Waals surface area contributed by atoms with Crippen LogP contribution in [0, 0.1) is 0 Å². The van der Waals surface area contributed by atoms with Crippen molar-refractivity contribution in [2.45, 2.75) is 39.4 Å². The average Bonchev–Trinajstić information content (AvgIpc) is 2.97. The molecule has 2 aromatic rings. The molecule has 4 heteroatoms. The summed E-state index contributed by atoms with van der Waals surface area (Å²) in [6, 6.07) is 11.2. The predicted molar refractivity (Wildman–Crippen MR) is 94.6 cm³/mol. The van der Waals surface area contributed by atoms with Crippen LogP contribution in [-0.2, 0) is 6.54 Å². The van der Waals surface area contributed by atoms with Crippen molar-refractivity contribution >= 4 is 28.6 Å². The second-order valence-corrected chi connectivity index (χ2v) is 7.03. The van der Waals surface area contributed by atoms with Crippen molar-refractivity contribution in [2.75, 3.05) is 11.9 Å². The van der Waals surface area contributed by atoms with Gasteiger partial charge in [-0.25, -0.2) is 0 Å². The number of anilines is 1. The molecule has 0 aliphatic heterocycles. The van der Waals surface area contributed by atoms with E-state index in [1.165, 1.54) is 16.1 Å². The topological polar surface area (TPSA) is 15.3 Å². The fourth-order valence-corrected chi connectivity index (χ4v) is 3.30. The van der Waals surface area contributed by atoms with Gasteiger partial charge in [0.05, 0.1) is 6.04 Å². The van der Waals surface area contributed by atoms with E-state index in [1.54, 1.807) is 11.3 Å². The summed E-state index contributed by atoms with van der Waals surface area (Å²) >= 11 is 7.97. The first kappa shape index (κ1) is 16.3. The van der Waals surface area contributed by atoms with Crippen molar-refractivity contribution in [3.8, 4) is 0 Å². The van der Waals surface area contributed by atoms with Crippen LogP contribution in [-0.4, -0.2) is 13.1 Å². The highest BCUT2D eigenvalue weighted by molar-refractivity contribution is 7.10. The van der Waals surface area contributed by atoms with Gasteiger partial charge in [0.1, 0.15) is 0 Å². The number of nitrogens with one attached hydrogen (secondary N) is 1. The smallest absolute Gasteiger partial charge is 0.0603 e. The third kappa shape index (κ3) is 4.22. The molecular weight excluding hydrogens is 300 g/mol. The molecule has 2 rings (SSSR count). The van der Waals surface area contributed by atoms with Gasteiger partial charge in [-0.2, -0.15) is 0 Å². The molecule has 114 valence electrons. The molecule has 0 radical (unpaired) electrons. The van der Waals surface area contributed by atoms with E-state index in [-0.39, 0.29) is 0 Å². The van der Waals surface area contributed by atoms with Gasteiger partial charge in [-0.05, 0) is 42.1 Å². The van der Waals surface area contributed by atoms with Gasteiger partial charge < -0.3 is 10.2 Å². The Morgan fingerprint density at radius 2 is 2.00 bits per heavy atom. The van der Waals surface area contributed by atoms with Crippen molar-refractivity contribution in [1.82, 2.24) is 5.32 Å². The molecule has 0 aliphatic carbocycles. The van der Waals surface area contributed by atoms with Gasteiger partial charge in [-0.3, -0.25) is 0 Å². The highest BCUT2D eigenvalue weighted by Crippen LogP contribution is 2.31. The number of nitrogens with zero attached hydrogens (tertiary/aromatic N) is 1. The van der Waals surface area contributed by atoms with Gasteiger partial charge in [0, 0.05) is 35.2 Å². The van der Waals surface area contributed by atoms with E-state index in [0.29, 0.717) is 12.1 Å². The first-order valence-corrected chi connectivity index (χ1v) is 8.53. The molecule has 21 heavy (non-hydrogen) atoms. The van der Waals surface area contributed by atoms with Gasteiger partial charge >= 0.3 is 0 Å². The molecular formula is C17H23ClN2S. The summed E-state index contributed by atoms with van der Waals surface area (Å²) in [7, 11) is 2.15. The standard InChI is InChI=1S/C17H23ClN2S/c1-12(2)19-11-14-10-15(18)7-8-16(14)20(4)13(3)17-6-5-9-21-17/h5-10,12-13,19H,11H2,1-4H3. The van der Waals surface area contributed by atoms with Crippen LogP contribution in [0.3, 0.4) is 0 Å². The summed E-state index contributed by atoms with van der Waals surface area (Å²) in [5, 5.41) is 6.39. The third-order valence-electron chi connectivity index (χ3n) is 3.66. The van der Waals surface area contributed by atoms with Gasteiger partial charge in [0.25, 0.3) is 0 Å². The van der Waals surface area contributed by atoms with Gasteiger partial charge in [0.2, 0.25) is 0 Å². The summed E-state index contributed by atoms with van der Waals surface area (Å²) in [5.41, 5.74) is 2.47. The van der Waals surface area contributed by atoms with Crippen LogP contribution in [0.4, 0.5) is 5.69 Å². The van der Waals surface area contributed by atoms with E-state index in [1.807, 2.05) is 6.07 Å². The number of benzene rings is 1. The molecule has 0 saturated heterocycles. The van der Waals surface area contributed by atoms with E-state index in [4.69, 9.17) is 11.6 Å². The Hall–Kier alpha value is -1.03. The SMILES string of the molecule is CC(C)NCc1cc(Cl)ccc1N(C)C(C)c1cccs1. The minimum Gasteiger partial charge on any atom is -0.367 e. The molecule has 1 unspecified atom stereocenters. The lowest BCUT2D eigenvalue weighted by atomic mass is 10.1. The molecule has 1 aromatic heterocycles. The molecule has 0 fully saturated rings. The Kier molecular flexibility index (Phi) is 5.68. The molecule has 0 bridgehead atoms. The Balaban J connectivity index is 2.25. The fourth-order valence-electron chi connectivity index (χ4n) is 2.28.